The van der Waals surface area contributed by atoms with Crippen LogP contribution in [-0.2, 0) is 23.3 Å². The number of carbonyl (C=O) groups is 1. The number of hydrogen-bond donors (Lipinski definition) is 2. The quantitative estimate of drug-likeness (QED) is 0.189. The summed E-state index contributed by atoms with van der Waals surface area (Å²) in [7, 11) is 0. The van der Waals surface area contributed by atoms with Crippen LogP contribution in [0.5, 0.6) is 0 Å². The molecule has 1 aliphatic carbocycles. The van der Waals surface area contributed by atoms with Crippen LogP contribution in [0.2, 0.25) is 0 Å². The van der Waals surface area contributed by atoms with Gasteiger partial charge in [0.15, 0.2) is 11.2 Å². The van der Waals surface area contributed by atoms with E-state index in [0.717, 1.165) is 69.4 Å². The van der Waals surface area contributed by atoms with E-state index in [4.69, 9.17) is 10.1 Å². The van der Waals surface area contributed by atoms with Crippen molar-refractivity contribution in [1.82, 2.24) is 29.2 Å². The van der Waals surface area contributed by atoms with Crippen molar-refractivity contribution in [3.8, 4) is 11.8 Å². The number of nitrogens with one attached hydrogen (secondary N) is 1. The van der Waals surface area contributed by atoms with Gasteiger partial charge in [-0.1, -0.05) is 24.0 Å². The highest BCUT2D eigenvalue weighted by Gasteiger charge is 2.50. The molecule has 2 aromatic carbocycles. The molecule has 5 heterocycles. The molecular weight excluding hydrogens is 645 g/mol. The lowest BCUT2D eigenvalue weighted by Crippen LogP contribution is -2.34. The first-order valence-electron chi connectivity index (χ1n) is 16.8. The van der Waals surface area contributed by atoms with Crippen LogP contribution >= 0.6 is 11.3 Å². The van der Waals surface area contributed by atoms with Crippen LogP contribution in [0.1, 0.15) is 83.8 Å². The number of nitrogens with zero attached hydrogens (tertiary/aromatic N) is 6. The standard InChI is InChI=1S/C37H37F2N7O2S/c1-23-27(7-6-24-2-4-25(5-3-24)19-44-15-9-26(21-47)10-16-44)18-28(34(38)39)29-20-46(43-31(23)29)33(35(48)42-36-40-14-17-49-36)32-30-8-11-37(12-13-37)45(30)22-41-32/h2-5,14,17-18,20,22,26,33-34,47H,8-13,15-16,19,21H2,1H3,(H,40,42,48)/t33-/m1/s1. The molecule has 2 N–H and O–H groups in total. The van der Waals surface area contributed by atoms with Crippen LogP contribution in [0, 0.1) is 24.7 Å². The molecule has 0 unspecified atom stereocenters. The minimum Gasteiger partial charge on any atom is -0.396 e. The van der Waals surface area contributed by atoms with Gasteiger partial charge in [0.1, 0.15) is 0 Å². The van der Waals surface area contributed by atoms with E-state index in [1.54, 1.807) is 17.8 Å². The number of fused-ring (bicyclic) bond motifs is 3. The first kappa shape index (κ1) is 31.8. The Bertz CT molecular complexity index is 2060. The van der Waals surface area contributed by atoms with Crippen LogP contribution in [0.25, 0.3) is 10.9 Å². The fourth-order valence-corrected chi connectivity index (χ4v) is 7.95. The Balaban J connectivity index is 1.11. The second kappa shape index (κ2) is 12.8. The van der Waals surface area contributed by atoms with Gasteiger partial charge in [0.05, 0.1) is 17.5 Å². The van der Waals surface area contributed by atoms with Gasteiger partial charge in [-0.2, -0.15) is 5.10 Å². The highest BCUT2D eigenvalue weighted by atomic mass is 32.1. The highest BCUT2D eigenvalue weighted by molar-refractivity contribution is 7.13. The van der Waals surface area contributed by atoms with Gasteiger partial charge < -0.3 is 9.67 Å². The number of thiazole rings is 1. The number of aryl methyl sites for hydroxylation is 1. The summed E-state index contributed by atoms with van der Waals surface area (Å²) in [6.45, 7) is 4.87. The minimum atomic E-state index is -2.77. The zero-order chi connectivity index (χ0) is 33.7. The number of rotatable bonds is 8. The molecule has 3 aliphatic rings. The number of likely N-dealkylation sites (tertiary alicyclic amines) is 1. The number of amides is 1. The zero-order valence-corrected chi connectivity index (χ0v) is 28.0. The molecule has 1 spiro atoms. The van der Waals surface area contributed by atoms with E-state index in [0.29, 0.717) is 33.4 Å². The number of benzene rings is 2. The summed E-state index contributed by atoms with van der Waals surface area (Å²) in [5.41, 5.74) is 4.97. The number of imidazole rings is 1. The molecule has 0 bridgehead atoms. The van der Waals surface area contributed by atoms with Crippen LogP contribution in [0.3, 0.4) is 0 Å². The molecule has 8 rings (SSSR count). The number of hydrogen-bond acceptors (Lipinski definition) is 7. The summed E-state index contributed by atoms with van der Waals surface area (Å²) in [5, 5.41) is 19.6. The molecule has 49 heavy (non-hydrogen) atoms. The van der Waals surface area contributed by atoms with E-state index in [-0.39, 0.29) is 29.0 Å². The maximum Gasteiger partial charge on any atom is 0.264 e. The largest absolute Gasteiger partial charge is 0.396 e. The monoisotopic (exact) mass is 681 g/mol. The first-order valence-corrected chi connectivity index (χ1v) is 17.7. The number of halogens is 2. The van der Waals surface area contributed by atoms with Crippen molar-refractivity contribution in [2.24, 2.45) is 5.92 Å². The number of aliphatic hydroxyl groups excluding tert-OH is 1. The molecular formula is C37H37F2N7O2S. The molecule has 1 saturated carbocycles. The molecule has 1 saturated heterocycles. The first-order chi connectivity index (χ1) is 23.8. The summed E-state index contributed by atoms with van der Waals surface area (Å²) >= 11 is 1.30. The van der Waals surface area contributed by atoms with Gasteiger partial charge in [0.25, 0.3) is 12.3 Å². The van der Waals surface area contributed by atoms with E-state index in [1.807, 2.05) is 25.4 Å². The smallest absolute Gasteiger partial charge is 0.264 e. The predicted octanol–water partition coefficient (Wildman–Crippen LogP) is 6.20. The summed E-state index contributed by atoms with van der Waals surface area (Å²) in [4.78, 5) is 25.2. The molecule has 9 nitrogen and oxygen atoms in total. The van der Waals surface area contributed by atoms with Crippen molar-refractivity contribution in [3.05, 3.63) is 93.6 Å². The molecule has 2 aliphatic heterocycles. The predicted molar refractivity (Wildman–Crippen MR) is 184 cm³/mol. The molecule has 1 amide bonds. The second-order valence-electron chi connectivity index (χ2n) is 13.6. The van der Waals surface area contributed by atoms with Gasteiger partial charge in [-0.3, -0.25) is 19.7 Å². The number of carbonyl (C=O) groups excluding carboxylic acids is 1. The van der Waals surface area contributed by atoms with Crippen molar-refractivity contribution in [2.75, 3.05) is 25.0 Å². The third-order valence-corrected chi connectivity index (χ3v) is 11.2. The molecule has 252 valence electrons. The Hall–Kier alpha value is -4.44. The van der Waals surface area contributed by atoms with Gasteiger partial charge in [-0.25, -0.2) is 18.7 Å². The zero-order valence-electron chi connectivity index (χ0n) is 27.2. The van der Waals surface area contributed by atoms with E-state index in [9.17, 15) is 18.7 Å². The Labute approximate surface area is 287 Å². The second-order valence-corrected chi connectivity index (χ2v) is 14.5. The van der Waals surface area contributed by atoms with Crippen molar-refractivity contribution in [1.29, 1.82) is 0 Å². The average Bonchev–Trinajstić information content (AvgIpc) is 3.51. The third kappa shape index (κ3) is 6.05. The number of aromatic nitrogens is 5. The van der Waals surface area contributed by atoms with Crippen molar-refractivity contribution < 1.29 is 18.7 Å². The maximum atomic E-state index is 14.6. The van der Waals surface area contributed by atoms with Gasteiger partial charge in [-0.05, 0) is 93.8 Å². The minimum absolute atomic E-state index is 0.0944. The SMILES string of the molecule is Cc1c(C#Cc2ccc(CN3CCC(CO)CC3)cc2)cc(C(F)F)c2cn([C@@H](C(=O)Nc3nccs3)c3ncn4c3CCC43CC3)nc12. The lowest BCUT2D eigenvalue weighted by atomic mass is 9.97. The van der Waals surface area contributed by atoms with Crippen LogP contribution < -0.4 is 5.32 Å². The van der Waals surface area contributed by atoms with Crippen molar-refractivity contribution in [3.63, 3.8) is 0 Å². The van der Waals surface area contributed by atoms with Gasteiger partial charge in [0.2, 0.25) is 0 Å². The number of anilines is 1. The Morgan fingerprint density at radius 2 is 1.94 bits per heavy atom. The molecule has 5 aromatic rings. The number of alkyl halides is 2. The molecule has 0 radical (unpaired) electrons. The van der Waals surface area contributed by atoms with Crippen molar-refractivity contribution in [2.45, 2.75) is 70.0 Å². The van der Waals surface area contributed by atoms with E-state index in [1.165, 1.54) is 27.6 Å². The van der Waals surface area contributed by atoms with E-state index in [2.05, 4.69) is 43.7 Å². The number of piperidine rings is 1. The maximum absolute atomic E-state index is 14.6. The Morgan fingerprint density at radius 1 is 1.14 bits per heavy atom. The summed E-state index contributed by atoms with van der Waals surface area (Å²) in [6.07, 6.45) is 8.20. The van der Waals surface area contributed by atoms with E-state index >= 15 is 0 Å². The van der Waals surface area contributed by atoms with Crippen LogP contribution in [0.4, 0.5) is 13.9 Å². The summed E-state index contributed by atoms with van der Waals surface area (Å²) < 4.78 is 32.9. The molecule has 12 heteroatoms. The molecule has 2 fully saturated rings. The highest BCUT2D eigenvalue weighted by Crippen LogP contribution is 2.52. The molecule has 1 atom stereocenters. The lowest BCUT2D eigenvalue weighted by molar-refractivity contribution is -0.118. The third-order valence-electron chi connectivity index (χ3n) is 10.5. The van der Waals surface area contributed by atoms with Gasteiger partial charge in [0, 0.05) is 64.2 Å². The van der Waals surface area contributed by atoms with Gasteiger partial charge >= 0.3 is 0 Å². The van der Waals surface area contributed by atoms with Crippen LogP contribution in [-0.4, -0.2) is 59.9 Å². The summed E-state index contributed by atoms with van der Waals surface area (Å²) in [5.74, 6) is 6.31. The van der Waals surface area contributed by atoms with Crippen molar-refractivity contribution >= 4 is 33.3 Å². The Kier molecular flexibility index (Phi) is 8.30. The number of aliphatic hydroxyl groups is 1. The van der Waals surface area contributed by atoms with E-state index < -0.39 is 12.5 Å². The normalized spacial score (nSPS) is 17.7. The van der Waals surface area contributed by atoms with Crippen LogP contribution in [0.15, 0.2) is 54.4 Å². The average molecular weight is 682 g/mol. The lowest BCUT2D eigenvalue weighted by Gasteiger charge is -2.31. The Morgan fingerprint density at radius 3 is 2.63 bits per heavy atom. The fraction of sp³-hybridized carbons (Fsp3) is 0.405. The topological polar surface area (TPSA) is 101 Å². The summed E-state index contributed by atoms with van der Waals surface area (Å²) in [6, 6.07) is 8.50. The molecule has 3 aromatic heterocycles. The fourth-order valence-electron chi connectivity index (χ4n) is 7.42. The van der Waals surface area contributed by atoms with Gasteiger partial charge in [-0.15, -0.1) is 11.3 Å².